The molecule has 0 spiro atoms. The van der Waals surface area contributed by atoms with Crippen molar-refractivity contribution in [2.75, 3.05) is 11.9 Å². The van der Waals surface area contributed by atoms with E-state index < -0.39 is 12.1 Å². The number of hydrogen-bond donors (Lipinski definition) is 3. The van der Waals surface area contributed by atoms with Gasteiger partial charge in [-0.1, -0.05) is 30.3 Å². The summed E-state index contributed by atoms with van der Waals surface area (Å²) >= 11 is 0. The van der Waals surface area contributed by atoms with Crippen LogP contribution in [-0.4, -0.2) is 24.6 Å². The Morgan fingerprint density at radius 3 is 2.67 bits per heavy atom. The van der Waals surface area contributed by atoms with Crippen LogP contribution in [0, 0.1) is 5.82 Å². The molecule has 0 aliphatic carbocycles. The lowest BCUT2D eigenvalue weighted by molar-refractivity contribution is -0.124. The second-order valence-corrected chi connectivity index (χ2v) is 6.32. The summed E-state index contributed by atoms with van der Waals surface area (Å²) in [5, 5.41) is 8.16. The first-order chi connectivity index (χ1) is 13.1. The van der Waals surface area contributed by atoms with Gasteiger partial charge in [0.1, 0.15) is 11.9 Å². The van der Waals surface area contributed by atoms with E-state index in [0.29, 0.717) is 17.9 Å². The Bertz CT molecular complexity index is 807. The molecule has 1 heterocycles. The number of carbonyl (C=O) groups excluding carboxylic acids is 2. The fourth-order valence-corrected chi connectivity index (χ4v) is 2.83. The minimum Gasteiger partial charge on any atom is -0.368 e. The second kappa shape index (κ2) is 9.14. The van der Waals surface area contributed by atoms with Gasteiger partial charge < -0.3 is 20.7 Å². The fourth-order valence-electron chi connectivity index (χ4n) is 2.83. The molecule has 2 aromatic carbocycles. The summed E-state index contributed by atoms with van der Waals surface area (Å²) in [4.78, 5) is 24.0. The quantitative estimate of drug-likeness (QED) is 0.730. The van der Waals surface area contributed by atoms with Crippen LogP contribution in [0.3, 0.4) is 0 Å². The number of anilines is 1. The van der Waals surface area contributed by atoms with E-state index in [2.05, 4.69) is 16.0 Å². The Morgan fingerprint density at radius 1 is 1.07 bits per heavy atom. The summed E-state index contributed by atoms with van der Waals surface area (Å²) in [6.07, 6.45) is 1.23. The number of rotatable bonds is 6. The summed E-state index contributed by atoms with van der Waals surface area (Å²) in [5.41, 5.74) is 1.91. The summed E-state index contributed by atoms with van der Waals surface area (Å²) in [6.45, 7) is 1.01. The molecule has 3 N–H and O–H groups in total. The lowest BCUT2D eigenvalue weighted by atomic mass is 10.2. The zero-order valence-corrected chi connectivity index (χ0v) is 14.8. The molecule has 27 heavy (non-hydrogen) atoms. The Morgan fingerprint density at radius 2 is 1.89 bits per heavy atom. The van der Waals surface area contributed by atoms with E-state index in [4.69, 9.17) is 4.74 Å². The van der Waals surface area contributed by atoms with E-state index in [1.54, 1.807) is 36.4 Å². The molecule has 2 aromatic rings. The first kappa shape index (κ1) is 18.8. The van der Waals surface area contributed by atoms with Crippen molar-refractivity contribution in [3.8, 4) is 0 Å². The minimum atomic E-state index is -0.396. The first-order valence-corrected chi connectivity index (χ1v) is 8.88. The normalized spacial score (nSPS) is 16.0. The highest BCUT2D eigenvalue weighted by molar-refractivity contribution is 5.94. The highest BCUT2D eigenvalue weighted by Crippen LogP contribution is 2.16. The monoisotopic (exact) mass is 371 g/mol. The molecule has 1 aliphatic heterocycles. The number of nitrogens with one attached hydrogen (secondary N) is 3. The van der Waals surface area contributed by atoms with Gasteiger partial charge in [0.2, 0.25) is 0 Å². The molecule has 1 aliphatic rings. The molecule has 0 aromatic heterocycles. The predicted molar refractivity (Wildman–Crippen MR) is 99.5 cm³/mol. The van der Waals surface area contributed by atoms with Gasteiger partial charge in [0.15, 0.2) is 0 Å². The zero-order valence-electron chi connectivity index (χ0n) is 14.8. The third-order valence-electron chi connectivity index (χ3n) is 4.27. The van der Waals surface area contributed by atoms with Gasteiger partial charge in [-0.05, 0) is 36.6 Å². The molecule has 0 radical (unpaired) electrons. The van der Waals surface area contributed by atoms with Crippen molar-refractivity contribution in [3.05, 3.63) is 65.5 Å². The summed E-state index contributed by atoms with van der Waals surface area (Å²) in [5.74, 6) is -0.507. The van der Waals surface area contributed by atoms with Crippen molar-refractivity contribution in [1.29, 1.82) is 0 Å². The summed E-state index contributed by atoms with van der Waals surface area (Å²) in [7, 11) is 0. The summed E-state index contributed by atoms with van der Waals surface area (Å²) < 4.78 is 18.9. The van der Waals surface area contributed by atoms with Crippen LogP contribution in [0.1, 0.15) is 24.0 Å². The number of urea groups is 1. The number of benzene rings is 2. The maximum absolute atomic E-state index is 13.5. The Kier molecular flexibility index (Phi) is 6.38. The Hall–Kier alpha value is -2.93. The van der Waals surface area contributed by atoms with Gasteiger partial charge in [0.25, 0.3) is 5.91 Å². The molecule has 1 saturated heterocycles. The van der Waals surface area contributed by atoms with Crippen molar-refractivity contribution >= 4 is 17.6 Å². The molecular weight excluding hydrogens is 349 g/mol. The number of carbonyl (C=O) groups is 2. The molecule has 1 atom stereocenters. The van der Waals surface area contributed by atoms with Crippen LogP contribution in [0.25, 0.3) is 0 Å². The number of hydrogen-bond acceptors (Lipinski definition) is 3. The average molecular weight is 371 g/mol. The Balaban J connectivity index is 1.47. The molecule has 1 fully saturated rings. The standard InChI is InChI=1S/C20H22FN3O3/c21-17-8-2-1-6-15(17)13-23-20(26)22-12-14-5-3-7-16(11-14)24-19(25)18-9-4-10-27-18/h1-3,5-8,11,18H,4,9-10,12-13H2,(H,24,25)(H2,22,23,26). The largest absolute Gasteiger partial charge is 0.368 e. The summed E-state index contributed by atoms with van der Waals surface area (Å²) in [6, 6.07) is 13.1. The third-order valence-corrected chi connectivity index (χ3v) is 4.27. The van der Waals surface area contributed by atoms with Crippen molar-refractivity contribution in [1.82, 2.24) is 10.6 Å². The van der Waals surface area contributed by atoms with Crippen LogP contribution < -0.4 is 16.0 Å². The number of amides is 3. The van der Waals surface area contributed by atoms with Crippen LogP contribution in [0.5, 0.6) is 0 Å². The van der Waals surface area contributed by atoms with Crippen LogP contribution in [0.4, 0.5) is 14.9 Å². The average Bonchev–Trinajstić information content (AvgIpc) is 3.21. The van der Waals surface area contributed by atoms with Gasteiger partial charge in [-0.25, -0.2) is 9.18 Å². The topological polar surface area (TPSA) is 79.5 Å². The maximum Gasteiger partial charge on any atom is 0.315 e. The zero-order chi connectivity index (χ0) is 19.1. The molecule has 0 bridgehead atoms. The van der Waals surface area contributed by atoms with Gasteiger partial charge >= 0.3 is 6.03 Å². The van der Waals surface area contributed by atoms with Gasteiger partial charge in [0, 0.05) is 30.9 Å². The lowest BCUT2D eigenvalue weighted by Crippen LogP contribution is -2.34. The van der Waals surface area contributed by atoms with Gasteiger partial charge in [0.05, 0.1) is 0 Å². The molecule has 0 saturated carbocycles. The van der Waals surface area contributed by atoms with Crippen molar-refractivity contribution < 1.29 is 18.7 Å². The van der Waals surface area contributed by atoms with E-state index >= 15 is 0 Å². The second-order valence-electron chi connectivity index (χ2n) is 6.32. The molecule has 6 nitrogen and oxygen atoms in total. The SMILES string of the molecule is O=C(NCc1cccc(NC(=O)C2CCCO2)c1)NCc1ccccc1F. The van der Waals surface area contributed by atoms with E-state index in [0.717, 1.165) is 18.4 Å². The maximum atomic E-state index is 13.5. The van der Waals surface area contributed by atoms with E-state index in [1.165, 1.54) is 6.07 Å². The fraction of sp³-hybridized carbons (Fsp3) is 0.300. The van der Waals surface area contributed by atoms with Crippen molar-refractivity contribution in [2.24, 2.45) is 0 Å². The highest BCUT2D eigenvalue weighted by atomic mass is 19.1. The van der Waals surface area contributed by atoms with Gasteiger partial charge in [-0.15, -0.1) is 0 Å². The third kappa shape index (κ3) is 5.52. The molecular formula is C20H22FN3O3. The minimum absolute atomic E-state index is 0.107. The van der Waals surface area contributed by atoms with E-state index in [-0.39, 0.29) is 24.8 Å². The first-order valence-electron chi connectivity index (χ1n) is 8.88. The van der Waals surface area contributed by atoms with Crippen molar-refractivity contribution in [2.45, 2.75) is 32.0 Å². The molecule has 142 valence electrons. The van der Waals surface area contributed by atoms with E-state index in [9.17, 15) is 14.0 Å². The number of halogens is 1. The van der Waals surface area contributed by atoms with Crippen LogP contribution in [-0.2, 0) is 22.6 Å². The van der Waals surface area contributed by atoms with Crippen molar-refractivity contribution in [3.63, 3.8) is 0 Å². The molecule has 3 amide bonds. The number of ether oxygens (including phenoxy) is 1. The van der Waals surface area contributed by atoms with Gasteiger partial charge in [-0.2, -0.15) is 0 Å². The molecule has 3 rings (SSSR count). The van der Waals surface area contributed by atoms with Gasteiger partial charge in [-0.3, -0.25) is 4.79 Å². The predicted octanol–water partition coefficient (Wildman–Crippen LogP) is 2.94. The van der Waals surface area contributed by atoms with Crippen LogP contribution >= 0.6 is 0 Å². The van der Waals surface area contributed by atoms with Crippen LogP contribution in [0.2, 0.25) is 0 Å². The molecule has 1 unspecified atom stereocenters. The van der Waals surface area contributed by atoms with Crippen LogP contribution in [0.15, 0.2) is 48.5 Å². The smallest absolute Gasteiger partial charge is 0.315 e. The van der Waals surface area contributed by atoms with E-state index in [1.807, 2.05) is 6.07 Å². The Labute approximate surface area is 157 Å². The molecule has 7 heteroatoms. The lowest BCUT2D eigenvalue weighted by Gasteiger charge is -2.12. The highest BCUT2D eigenvalue weighted by Gasteiger charge is 2.23.